The number of carbonyl (C=O) groups is 1. The van der Waals surface area contributed by atoms with Crippen LogP contribution in [0.1, 0.15) is 23.5 Å². The monoisotopic (exact) mass is 318 g/mol. The Morgan fingerprint density at radius 1 is 1.65 bits per heavy atom. The fourth-order valence-electron chi connectivity index (χ4n) is 1.19. The topological polar surface area (TPSA) is 62.2 Å². The molecule has 94 valence electrons. The number of nitrogens with zero attached hydrogens (tertiary/aromatic N) is 1. The highest BCUT2D eigenvalue weighted by Gasteiger charge is 2.04. The number of amides is 1. The van der Waals surface area contributed by atoms with E-state index >= 15 is 0 Å². The average Bonchev–Trinajstić information content (AvgIpc) is 2.75. The van der Waals surface area contributed by atoms with Crippen molar-refractivity contribution in [2.24, 2.45) is 0 Å². The predicted octanol–water partition coefficient (Wildman–Crippen LogP) is 1.94. The predicted molar refractivity (Wildman–Crippen MR) is 73.1 cm³/mol. The van der Waals surface area contributed by atoms with Gasteiger partial charge in [0.25, 0.3) is 0 Å². The molecule has 1 aromatic rings. The van der Waals surface area contributed by atoms with Gasteiger partial charge in [-0.25, -0.2) is 4.98 Å². The van der Waals surface area contributed by atoms with Crippen LogP contribution >= 0.6 is 27.3 Å². The molecule has 0 fully saturated rings. The molecule has 4 nitrogen and oxygen atoms in total. The third kappa shape index (κ3) is 5.43. The van der Waals surface area contributed by atoms with E-state index in [0.717, 1.165) is 21.6 Å². The van der Waals surface area contributed by atoms with Gasteiger partial charge in [0.05, 0.1) is 10.7 Å². The number of aromatic nitrogens is 1. The van der Waals surface area contributed by atoms with E-state index in [4.69, 9.17) is 5.11 Å². The first-order valence-electron chi connectivity index (χ1n) is 5.30. The van der Waals surface area contributed by atoms with Gasteiger partial charge in [-0.2, -0.15) is 0 Å². The van der Waals surface area contributed by atoms with Crippen LogP contribution in [-0.4, -0.2) is 29.1 Å². The molecular formula is C11H15BrN2O2S. The Morgan fingerprint density at radius 3 is 3.00 bits per heavy atom. The third-order valence-corrected chi connectivity index (χ3v) is 3.37. The van der Waals surface area contributed by atoms with E-state index < -0.39 is 0 Å². The molecule has 0 radical (unpaired) electrons. The van der Waals surface area contributed by atoms with E-state index in [2.05, 4.69) is 32.8 Å². The molecule has 1 aromatic heterocycles. The van der Waals surface area contributed by atoms with E-state index in [1.54, 1.807) is 11.3 Å². The van der Waals surface area contributed by atoms with Crippen molar-refractivity contribution in [2.75, 3.05) is 13.2 Å². The second kappa shape index (κ2) is 7.58. The van der Waals surface area contributed by atoms with Gasteiger partial charge in [0, 0.05) is 35.9 Å². The summed E-state index contributed by atoms with van der Waals surface area (Å²) in [6.45, 7) is 4.38. The summed E-state index contributed by atoms with van der Waals surface area (Å²) in [6, 6.07) is 0. The normalized spacial score (nSPS) is 10.2. The highest BCUT2D eigenvalue weighted by Crippen LogP contribution is 2.20. The van der Waals surface area contributed by atoms with Gasteiger partial charge >= 0.3 is 0 Å². The Kier molecular flexibility index (Phi) is 6.39. The van der Waals surface area contributed by atoms with Crippen LogP contribution in [0.25, 0.3) is 4.48 Å². The van der Waals surface area contributed by atoms with Crippen molar-refractivity contribution in [3.8, 4) is 0 Å². The summed E-state index contributed by atoms with van der Waals surface area (Å²) in [5.41, 5.74) is 0.844. The highest BCUT2D eigenvalue weighted by atomic mass is 79.9. The fourth-order valence-corrected chi connectivity index (χ4v) is 2.36. The Labute approximate surface area is 113 Å². The smallest absolute Gasteiger partial charge is 0.220 e. The van der Waals surface area contributed by atoms with Crippen molar-refractivity contribution in [1.29, 1.82) is 0 Å². The number of halogens is 1. The van der Waals surface area contributed by atoms with Crippen molar-refractivity contribution in [3.05, 3.63) is 22.7 Å². The molecule has 1 amide bonds. The molecule has 0 bridgehead atoms. The van der Waals surface area contributed by atoms with E-state index in [9.17, 15) is 4.79 Å². The van der Waals surface area contributed by atoms with Gasteiger partial charge in [0.2, 0.25) is 5.91 Å². The third-order valence-electron chi connectivity index (χ3n) is 2.05. The quantitative estimate of drug-likeness (QED) is 0.807. The van der Waals surface area contributed by atoms with Gasteiger partial charge in [0.15, 0.2) is 0 Å². The van der Waals surface area contributed by atoms with Crippen LogP contribution in [0, 0.1) is 0 Å². The maximum Gasteiger partial charge on any atom is 0.220 e. The maximum atomic E-state index is 11.2. The van der Waals surface area contributed by atoms with E-state index in [-0.39, 0.29) is 12.5 Å². The first kappa shape index (κ1) is 14.3. The lowest BCUT2D eigenvalue weighted by molar-refractivity contribution is -0.121. The highest BCUT2D eigenvalue weighted by molar-refractivity contribution is 9.15. The lowest BCUT2D eigenvalue weighted by Crippen LogP contribution is -2.25. The largest absolute Gasteiger partial charge is 0.396 e. The minimum absolute atomic E-state index is 0.0271. The van der Waals surface area contributed by atoms with Crippen LogP contribution in [0.4, 0.5) is 0 Å². The molecule has 0 unspecified atom stereocenters. The zero-order valence-corrected chi connectivity index (χ0v) is 11.8. The number of hydrogen-bond acceptors (Lipinski definition) is 4. The summed E-state index contributed by atoms with van der Waals surface area (Å²) in [7, 11) is 0. The summed E-state index contributed by atoms with van der Waals surface area (Å²) < 4.78 is 0.770. The van der Waals surface area contributed by atoms with Crippen LogP contribution in [0.3, 0.4) is 0 Å². The molecule has 0 aromatic carbocycles. The summed E-state index contributed by atoms with van der Waals surface area (Å²) in [5.74, 6) is -0.0271. The molecule has 0 saturated carbocycles. The SMILES string of the molecule is C=C(Br)c1csc(CCNC(=O)CCCO)n1. The number of hydrogen-bond donors (Lipinski definition) is 2. The number of nitrogens with one attached hydrogen (secondary N) is 1. The van der Waals surface area contributed by atoms with Gasteiger partial charge < -0.3 is 10.4 Å². The molecule has 0 aliphatic heterocycles. The maximum absolute atomic E-state index is 11.2. The van der Waals surface area contributed by atoms with Gasteiger partial charge in [-0.3, -0.25) is 4.79 Å². The van der Waals surface area contributed by atoms with Crippen molar-refractivity contribution in [3.63, 3.8) is 0 Å². The second-order valence-corrected chi connectivity index (χ2v) is 5.36. The second-order valence-electron chi connectivity index (χ2n) is 3.46. The van der Waals surface area contributed by atoms with Crippen LogP contribution in [0.5, 0.6) is 0 Å². The molecule has 0 atom stereocenters. The van der Waals surface area contributed by atoms with Gasteiger partial charge in [-0.15, -0.1) is 11.3 Å². The molecule has 0 aliphatic carbocycles. The number of rotatable bonds is 7. The van der Waals surface area contributed by atoms with Crippen LogP contribution < -0.4 is 5.32 Å². The summed E-state index contributed by atoms with van der Waals surface area (Å²) in [5, 5.41) is 14.3. The molecule has 1 rings (SSSR count). The van der Waals surface area contributed by atoms with Gasteiger partial charge in [-0.1, -0.05) is 6.58 Å². The number of thiazole rings is 1. The average molecular weight is 319 g/mol. The van der Waals surface area contributed by atoms with Crippen LogP contribution in [0.2, 0.25) is 0 Å². The Balaban J connectivity index is 2.26. The van der Waals surface area contributed by atoms with Crippen LogP contribution in [-0.2, 0) is 11.2 Å². The molecule has 6 heteroatoms. The Bertz CT molecular complexity index is 393. The van der Waals surface area contributed by atoms with Crippen molar-refractivity contribution >= 4 is 37.7 Å². The molecule has 2 N–H and O–H groups in total. The Hall–Kier alpha value is -0.720. The summed E-state index contributed by atoms with van der Waals surface area (Å²) in [6.07, 6.45) is 1.60. The minimum Gasteiger partial charge on any atom is -0.396 e. The van der Waals surface area contributed by atoms with Crippen molar-refractivity contribution in [2.45, 2.75) is 19.3 Å². The van der Waals surface area contributed by atoms with Gasteiger partial charge in [-0.05, 0) is 22.4 Å². The number of carbonyl (C=O) groups excluding carboxylic acids is 1. The zero-order chi connectivity index (χ0) is 12.7. The van der Waals surface area contributed by atoms with Crippen molar-refractivity contribution in [1.82, 2.24) is 10.3 Å². The molecular weight excluding hydrogens is 304 g/mol. The molecule has 0 aliphatic rings. The molecule has 0 spiro atoms. The minimum atomic E-state index is -0.0271. The van der Waals surface area contributed by atoms with E-state index in [1.807, 2.05) is 5.38 Å². The molecule has 17 heavy (non-hydrogen) atoms. The lowest BCUT2D eigenvalue weighted by atomic mass is 10.3. The zero-order valence-electron chi connectivity index (χ0n) is 9.41. The lowest BCUT2D eigenvalue weighted by Gasteiger charge is -2.02. The van der Waals surface area contributed by atoms with E-state index in [1.165, 1.54) is 0 Å². The number of aliphatic hydroxyl groups is 1. The first-order chi connectivity index (χ1) is 8.13. The Morgan fingerprint density at radius 2 is 2.41 bits per heavy atom. The molecule has 1 heterocycles. The molecule has 0 saturated heterocycles. The van der Waals surface area contributed by atoms with Gasteiger partial charge in [0.1, 0.15) is 0 Å². The van der Waals surface area contributed by atoms with E-state index in [0.29, 0.717) is 19.4 Å². The number of aliphatic hydroxyl groups excluding tert-OH is 1. The van der Waals surface area contributed by atoms with Crippen LogP contribution in [0.15, 0.2) is 12.0 Å². The summed E-state index contributed by atoms with van der Waals surface area (Å²) >= 11 is 4.83. The van der Waals surface area contributed by atoms with Crippen molar-refractivity contribution < 1.29 is 9.90 Å². The summed E-state index contributed by atoms with van der Waals surface area (Å²) in [4.78, 5) is 15.6. The fraction of sp³-hybridized carbons (Fsp3) is 0.455. The first-order valence-corrected chi connectivity index (χ1v) is 6.97. The standard InChI is InChI=1S/C11H15BrN2O2S/c1-8(12)9-7-17-11(14-9)4-5-13-10(16)3-2-6-15/h7,15H,1-6H2,(H,13,16).